The molecule has 106 valence electrons. The van der Waals surface area contributed by atoms with Crippen molar-refractivity contribution in [3.05, 3.63) is 70.2 Å². The molecule has 2 aromatic rings. The molecule has 0 bridgehead atoms. The second kappa shape index (κ2) is 6.92. The fraction of sp³-hybridized carbons (Fsp3) is 0.333. The van der Waals surface area contributed by atoms with Gasteiger partial charge in [0.05, 0.1) is 0 Å². The smallest absolute Gasteiger partial charge is 0.0440 e. The second-order valence-electron chi connectivity index (χ2n) is 5.45. The van der Waals surface area contributed by atoms with Gasteiger partial charge in [-0.25, -0.2) is 0 Å². The van der Waals surface area contributed by atoms with Crippen LogP contribution in [0.4, 0.5) is 0 Å². The Hall–Kier alpha value is -1.31. The Morgan fingerprint density at radius 2 is 1.80 bits per heavy atom. The van der Waals surface area contributed by atoms with Crippen molar-refractivity contribution in [2.24, 2.45) is 5.92 Å². The normalized spacial score (nSPS) is 14.0. The zero-order valence-corrected chi connectivity index (χ0v) is 13.1. The molecule has 0 aromatic heterocycles. The summed E-state index contributed by atoms with van der Waals surface area (Å²) < 4.78 is 0. The van der Waals surface area contributed by atoms with Crippen LogP contribution in [-0.4, -0.2) is 7.05 Å². The van der Waals surface area contributed by atoms with Gasteiger partial charge in [0, 0.05) is 11.1 Å². The lowest BCUT2D eigenvalue weighted by Gasteiger charge is -2.24. The van der Waals surface area contributed by atoms with E-state index >= 15 is 0 Å². The van der Waals surface area contributed by atoms with Crippen LogP contribution in [0.2, 0.25) is 5.02 Å². The number of aryl methyl sites for hydroxylation is 1. The van der Waals surface area contributed by atoms with Crippen molar-refractivity contribution in [2.45, 2.75) is 26.3 Å². The molecule has 0 aliphatic heterocycles. The highest BCUT2D eigenvalue weighted by atomic mass is 35.5. The van der Waals surface area contributed by atoms with Gasteiger partial charge >= 0.3 is 0 Å². The lowest BCUT2D eigenvalue weighted by atomic mass is 9.89. The van der Waals surface area contributed by atoms with E-state index in [9.17, 15) is 0 Å². The number of nitrogens with one attached hydrogen (secondary N) is 1. The fourth-order valence-corrected chi connectivity index (χ4v) is 3.03. The fourth-order valence-electron chi connectivity index (χ4n) is 2.72. The molecular weight excluding hydrogens is 266 g/mol. The zero-order valence-electron chi connectivity index (χ0n) is 12.4. The van der Waals surface area contributed by atoms with E-state index < -0.39 is 0 Å². The molecule has 0 saturated heterocycles. The Labute approximate surface area is 127 Å². The van der Waals surface area contributed by atoms with Crippen molar-refractivity contribution in [1.29, 1.82) is 0 Å². The predicted molar refractivity (Wildman–Crippen MR) is 87.3 cm³/mol. The van der Waals surface area contributed by atoms with Crippen molar-refractivity contribution in [3.8, 4) is 0 Å². The van der Waals surface area contributed by atoms with Crippen molar-refractivity contribution in [2.75, 3.05) is 7.05 Å². The van der Waals surface area contributed by atoms with Crippen molar-refractivity contribution in [3.63, 3.8) is 0 Å². The number of halogens is 1. The number of benzene rings is 2. The minimum atomic E-state index is 0.341. The lowest BCUT2D eigenvalue weighted by molar-refractivity contribution is 0.409. The van der Waals surface area contributed by atoms with Gasteiger partial charge in [-0.05, 0) is 49.1 Å². The maximum absolute atomic E-state index is 6.35. The van der Waals surface area contributed by atoms with E-state index in [-0.39, 0.29) is 0 Å². The van der Waals surface area contributed by atoms with Gasteiger partial charge < -0.3 is 5.32 Å². The molecule has 2 aromatic carbocycles. The highest BCUT2D eigenvalue weighted by Crippen LogP contribution is 2.27. The Balaban J connectivity index is 2.15. The zero-order chi connectivity index (χ0) is 14.5. The highest BCUT2D eigenvalue weighted by Gasteiger charge is 2.18. The van der Waals surface area contributed by atoms with Gasteiger partial charge in [0.1, 0.15) is 0 Å². The summed E-state index contributed by atoms with van der Waals surface area (Å²) in [6, 6.07) is 17.2. The van der Waals surface area contributed by atoms with Crippen LogP contribution in [0, 0.1) is 12.8 Å². The molecule has 2 atom stereocenters. The first kappa shape index (κ1) is 15.1. The Bertz CT molecular complexity index is 551. The minimum Gasteiger partial charge on any atom is -0.313 e. The Morgan fingerprint density at radius 3 is 2.40 bits per heavy atom. The molecule has 0 saturated carbocycles. The number of rotatable bonds is 5. The van der Waals surface area contributed by atoms with Crippen LogP contribution in [0.5, 0.6) is 0 Å². The third kappa shape index (κ3) is 3.62. The first-order valence-corrected chi connectivity index (χ1v) is 7.47. The van der Waals surface area contributed by atoms with Crippen LogP contribution < -0.4 is 5.32 Å². The van der Waals surface area contributed by atoms with Crippen LogP contribution in [0.15, 0.2) is 48.5 Å². The summed E-state index contributed by atoms with van der Waals surface area (Å²) in [4.78, 5) is 0. The quantitative estimate of drug-likeness (QED) is 0.834. The molecular formula is C18H22ClN. The molecule has 0 aliphatic rings. The maximum Gasteiger partial charge on any atom is 0.0440 e. The molecule has 2 unspecified atom stereocenters. The van der Waals surface area contributed by atoms with Gasteiger partial charge in [-0.15, -0.1) is 0 Å². The molecule has 0 amide bonds. The van der Waals surface area contributed by atoms with Gasteiger partial charge in [-0.2, -0.15) is 0 Å². The molecule has 0 spiro atoms. The molecule has 0 radical (unpaired) electrons. The first-order valence-electron chi connectivity index (χ1n) is 7.09. The molecule has 0 aliphatic carbocycles. The van der Waals surface area contributed by atoms with Crippen molar-refractivity contribution < 1.29 is 0 Å². The Kier molecular flexibility index (Phi) is 5.22. The van der Waals surface area contributed by atoms with Gasteiger partial charge in [0.2, 0.25) is 0 Å². The van der Waals surface area contributed by atoms with Crippen LogP contribution in [0.1, 0.15) is 29.7 Å². The maximum atomic E-state index is 6.35. The first-order chi connectivity index (χ1) is 9.61. The minimum absolute atomic E-state index is 0.341. The van der Waals surface area contributed by atoms with E-state index in [1.807, 2.05) is 13.1 Å². The molecule has 0 fully saturated rings. The van der Waals surface area contributed by atoms with E-state index in [0.29, 0.717) is 12.0 Å². The summed E-state index contributed by atoms with van der Waals surface area (Å²) in [5.74, 6) is 0.475. The summed E-state index contributed by atoms with van der Waals surface area (Å²) in [6.07, 6.45) is 0.972. The van der Waals surface area contributed by atoms with E-state index in [1.165, 1.54) is 16.7 Å². The highest BCUT2D eigenvalue weighted by molar-refractivity contribution is 6.31. The third-order valence-electron chi connectivity index (χ3n) is 3.79. The van der Waals surface area contributed by atoms with Crippen LogP contribution in [0.3, 0.4) is 0 Å². The van der Waals surface area contributed by atoms with Crippen LogP contribution in [-0.2, 0) is 6.42 Å². The van der Waals surface area contributed by atoms with E-state index in [0.717, 1.165) is 11.4 Å². The topological polar surface area (TPSA) is 12.0 Å². The van der Waals surface area contributed by atoms with Gasteiger partial charge in [-0.3, -0.25) is 0 Å². The van der Waals surface area contributed by atoms with Crippen LogP contribution >= 0.6 is 11.6 Å². The van der Waals surface area contributed by atoms with E-state index in [4.69, 9.17) is 11.6 Å². The van der Waals surface area contributed by atoms with E-state index in [2.05, 4.69) is 61.6 Å². The van der Waals surface area contributed by atoms with Crippen LogP contribution in [0.25, 0.3) is 0 Å². The standard InChI is InChI=1S/C18H22ClN/c1-13-9-10-16(17(19)11-13)12-14(2)18(20-3)15-7-5-4-6-8-15/h4-11,14,18,20H,12H2,1-3H3. The number of hydrogen-bond acceptors (Lipinski definition) is 1. The Morgan fingerprint density at radius 1 is 1.10 bits per heavy atom. The van der Waals surface area contributed by atoms with Crippen molar-refractivity contribution in [1.82, 2.24) is 5.32 Å². The van der Waals surface area contributed by atoms with Gasteiger partial charge in [-0.1, -0.05) is 61.0 Å². The average Bonchev–Trinajstić information content (AvgIpc) is 2.44. The van der Waals surface area contributed by atoms with E-state index in [1.54, 1.807) is 0 Å². The lowest BCUT2D eigenvalue weighted by Crippen LogP contribution is -2.24. The summed E-state index contributed by atoms with van der Waals surface area (Å²) >= 11 is 6.35. The molecule has 1 nitrogen and oxygen atoms in total. The molecule has 0 heterocycles. The third-order valence-corrected chi connectivity index (χ3v) is 4.14. The predicted octanol–water partition coefficient (Wildman–Crippen LogP) is 4.79. The second-order valence-corrected chi connectivity index (χ2v) is 5.86. The summed E-state index contributed by atoms with van der Waals surface area (Å²) in [6.45, 7) is 4.34. The summed E-state index contributed by atoms with van der Waals surface area (Å²) in [5.41, 5.74) is 3.76. The molecule has 2 heteroatoms. The van der Waals surface area contributed by atoms with Gasteiger partial charge in [0.15, 0.2) is 0 Å². The average molecular weight is 288 g/mol. The summed E-state index contributed by atoms with van der Waals surface area (Å²) in [5, 5.41) is 4.30. The van der Waals surface area contributed by atoms with Gasteiger partial charge in [0.25, 0.3) is 0 Å². The number of hydrogen-bond donors (Lipinski definition) is 1. The molecule has 1 N–H and O–H groups in total. The van der Waals surface area contributed by atoms with Crippen molar-refractivity contribution >= 4 is 11.6 Å². The SMILES string of the molecule is CNC(c1ccccc1)C(C)Cc1ccc(C)cc1Cl. The summed E-state index contributed by atoms with van der Waals surface area (Å²) in [7, 11) is 2.02. The molecule has 20 heavy (non-hydrogen) atoms. The largest absolute Gasteiger partial charge is 0.313 e. The monoisotopic (exact) mass is 287 g/mol. The molecule has 2 rings (SSSR count).